The summed E-state index contributed by atoms with van der Waals surface area (Å²) in [5, 5.41) is 13.8. The minimum atomic E-state index is -0.309. The van der Waals surface area contributed by atoms with Gasteiger partial charge in [-0.2, -0.15) is 0 Å². The van der Waals surface area contributed by atoms with E-state index in [9.17, 15) is 4.79 Å². The highest BCUT2D eigenvalue weighted by molar-refractivity contribution is 7.98. The fraction of sp³-hybridized carbons (Fsp3) is 0.444. The van der Waals surface area contributed by atoms with Gasteiger partial charge in [0.25, 0.3) is 0 Å². The summed E-state index contributed by atoms with van der Waals surface area (Å²) >= 11 is 1.54. The van der Waals surface area contributed by atoms with Gasteiger partial charge < -0.3 is 4.42 Å². The molecule has 0 bridgehead atoms. The third-order valence-electron chi connectivity index (χ3n) is 4.48. The van der Waals surface area contributed by atoms with Crippen LogP contribution in [0.2, 0.25) is 0 Å². The van der Waals surface area contributed by atoms with Crippen LogP contribution in [-0.4, -0.2) is 20.2 Å². The Morgan fingerprint density at radius 2 is 1.96 bits per heavy atom. The zero-order chi connectivity index (χ0) is 17.6. The molecule has 4 rings (SSSR count). The molecular formula is C18H20N4O2S. The number of thioether (sulfide) groups is 1. The van der Waals surface area contributed by atoms with E-state index in [0.717, 1.165) is 28.9 Å². The second-order valence-electron chi connectivity index (χ2n) is 7.39. The lowest BCUT2D eigenvalue weighted by molar-refractivity contribution is 0.321. The molecule has 0 saturated heterocycles. The van der Waals surface area contributed by atoms with Crippen LogP contribution in [0.1, 0.15) is 43.9 Å². The lowest BCUT2D eigenvalue weighted by Gasteiger charge is -2.19. The highest BCUT2D eigenvalue weighted by Crippen LogP contribution is 2.31. The normalized spacial score (nSPS) is 14.2. The first kappa shape index (κ1) is 16.3. The zero-order valence-electron chi connectivity index (χ0n) is 14.6. The summed E-state index contributed by atoms with van der Waals surface area (Å²) in [5.41, 5.74) is 3.82. The standard InChI is InChI=1S/C18H20N4O2S/c1-18(2,3)22-17(19-20-21-22)25-10-13-9-16(23)24-15-8-12-6-4-5-11(12)7-14(13)15/h7-9H,4-6,10H2,1-3H3. The first-order valence-corrected chi connectivity index (χ1v) is 9.40. The highest BCUT2D eigenvalue weighted by atomic mass is 32.2. The van der Waals surface area contributed by atoms with Gasteiger partial charge in [0.05, 0.1) is 5.54 Å². The summed E-state index contributed by atoms with van der Waals surface area (Å²) in [7, 11) is 0. The van der Waals surface area contributed by atoms with E-state index in [4.69, 9.17) is 4.42 Å². The van der Waals surface area contributed by atoms with Gasteiger partial charge in [-0.05, 0) is 79.3 Å². The molecule has 25 heavy (non-hydrogen) atoms. The van der Waals surface area contributed by atoms with Crippen LogP contribution in [0.4, 0.5) is 0 Å². The number of rotatable bonds is 3. The SMILES string of the molecule is CC(C)(C)n1nnnc1SCc1cc(=O)oc2cc3c(cc12)CCC3. The first-order valence-electron chi connectivity index (χ1n) is 8.42. The maximum Gasteiger partial charge on any atom is 0.336 e. The van der Waals surface area contributed by atoms with Gasteiger partial charge in [-0.1, -0.05) is 11.8 Å². The van der Waals surface area contributed by atoms with Crippen LogP contribution in [0.15, 0.2) is 32.6 Å². The van der Waals surface area contributed by atoms with Gasteiger partial charge in [-0.3, -0.25) is 0 Å². The van der Waals surface area contributed by atoms with E-state index in [1.165, 1.54) is 29.3 Å². The Morgan fingerprint density at radius 1 is 1.20 bits per heavy atom. The maximum absolute atomic E-state index is 12.0. The Morgan fingerprint density at radius 3 is 2.72 bits per heavy atom. The fourth-order valence-electron chi connectivity index (χ4n) is 3.25. The Balaban J connectivity index is 1.70. The molecule has 1 aromatic carbocycles. The van der Waals surface area contributed by atoms with Gasteiger partial charge in [-0.15, -0.1) is 5.10 Å². The summed E-state index contributed by atoms with van der Waals surface area (Å²) in [6.45, 7) is 6.18. The average molecular weight is 356 g/mol. The van der Waals surface area contributed by atoms with Crippen LogP contribution >= 0.6 is 11.8 Å². The van der Waals surface area contributed by atoms with Crippen molar-refractivity contribution in [3.05, 3.63) is 45.3 Å². The predicted molar refractivity (Wildman–Crippen MR) is 96.9 cm³/mol. The minimum absolute atomic E-state index is 0.190. The largest absolute Gasteiger partial charge is 0.423 e. The molecule has 0 amide bonds. The first-order chi connectivity index (χ1) is 11.9. The van der Waals surface area contributed by atoms with E-state index in [-0.39, 0.29) is 11.2 Å². The average Bonchev–Trinajstić information content (AvgIpc) is 3.18. The number of benzene rings is 1. The Hall–Kier alpha value is -2.15. The molecule has 0 saturated carbocycles. The van der Waals surface area contributed by atoms with Crippen molar-refractivity contribution < 1.29 is 4.42 Å². The number of nitrogens with zero attached hydrogens (tertiary/aromatic N) is 4. The lowest BCUT2D eigenvalue weighted by Crippen LogP contribution is -2.24. The quantitative estimate of drug-likeness (QED) is 0.529. The molecule has 0 N–H and O–H groups in total. The molecular weight excluding hydrogens is 336 g/mol. The fourth-order valence-corrected chi connectivity index (χ4v) is 4.30. The topological polar surface area (TPSA) is 73.8 Å². The predicted octanol–water partition coefficient (Wildman–Crippen LogP) is 3.32. The molecule has 0 atom stereocenters. The number of hydrogen-bond acceptors (Lipinski definition) is 6. The van der Waals surface area contributed by atoms with E-state index < -0.39 is 0 Å². The molecule has 6 nitrogen and oxygen atoms in total. The molecule has 0 aliphatic heterocycles. The van der Waals surface area contributed by atoms with Crippen molar-refractivity contribution in [3.63, 3.8) is 0 Å². The Labute approximate surface area is 149 Å². The van der Waals surface area contributed by atoms with Crippen molar-refractivity contribution >= 4 is 22.7 Å². The molecule has 2 aromatic heterocycles. The van der Waals surface area contributed by atoms with Crippen LogP contribution in [-0.2, 0) is 24.1 Å². The van der Waals surface area contributed by atoms with Gasteiger partial charge in [0.1, 0.15) is 5.58 Å². The van der Waals surface area contributed by atoms with Crippen LogP contribution in [0.3, 0.4) is 0 Å². The van der Waals surface area contributed by atoms with Gasteiger partial charge >= 0.3 is 5.63 Å². The molecule has 7 heteroatoms. The van der Waals surface area contributed by atoms with Gasteiger partial charge in [-0.25, -0.2) is 9.48 Å². The zero-order valence-corrected chi connectivity index (χ0v) is 15.4. The van der Waals surface area contributed by atoms with Gasteiger partial charge in [0, 0.05) is 17.2 Å². The van der Waals surface area contributed by atoms with Crippen molar-refractivity contribution in [2.75, 3.05) is 0 Å². The number of aromatic nitrogens is 4. The molecule has 1 aliphatic carbocycles. The summed E-state index contributed by atoms with van der Waals surface area (Å²) in [5.74, 6) is 0.622. The number of hydrogen-bond donors (Lipinski definition) is 0. The van der Waals surface area contributed by atoms with Crippen molar-refractivity contribution in [2.24, 2.45) is 0 Å². The summed E-state index contributed by atoms with van der Waals surface area (Å²) in [6.07, 6.45) is 3.33. The van der Waals surface area contributed by atoms with Gasteiger partial charge in [0.15, 0.2) is 0 Å². The second kappa shape index (κ2) is 5.98. The van der Waals surface area contributed by atoms with E-state index >= 15 is 0 Å². The Bertz CT molecular complexity index is 1000. The van der Waals surface area contributed by atoms with Crippen molar-refractivity contribution in [1.82, 2.24) is 20.2 Å². The summed E-state index contributed by atoms with van der Waals surface area (Å²) < 4.78 is 7.24. The van der Waals surface area contributed by atoms with Crippen molar-refractivity contribution in [1.29, 1.82) is 0 Å². The third-order valence-corrected chi connectivity index (χ3v) is 5.44. The van der Waals surface area contributed by atoms with Crippen molar-refractivity contribution in [2.45, 2.75) is 56.5 Å². The highest BCUT2D eigenvalue weighted by Gasteiger charge is 2.21. The molecule has 0 fully saturated rings. The van der Waals surface area contributed by atoms with E-state index in [1.54, 1.807) is 6.07 Å². The number of tetrazole rings is 1. The summed E-state index contributed by atoms with van der Waals surface area (Å²) in [6, 6.07) is 5.80. The van der Waals surface area contributed by atoms with E-state index in [2.05, 4.69) is 42.4 Å². The lowest BCUT2D eigenvalue weighted by atomic mass is 10.0. The second-order valence-corrected chi connectivity index (χ2v) is 8.34. The third kappa shape index (κ3) is 3.08. The monoisotopic (exact) mass is 356 g/mol. The van der Waals surface area contributed by atoms with E-state index in [0.29, 0.717) is 11.3 Å². The van der Waals surface area contributed by atoms with Crippen LogP contribution in [0, 0.1) is 0 Å². The van der Waals surface area contributed by atoms with Crippen LogP contribution < -0.4 is 5.63 Å². The molecule has 0 spiro atoms. The van der Waals surface area contributed by atoms with Crippen LogP contribution in [0.25, 0.3) is 11.0 Å². The van der Waals surface area contributed by atoms with E-state index in [1.807, 2.05) is 10.7 Å². The molecule has 0 unspecified atom stereocenters. The number of fused-ring (bicyclic) bond motifs is 2. The molecule has 130 valence electrons. The molecule has 0 radical (unpaired) electrons. The minimum Gasteiger partial charge on any atom is -0.423 e. The smallest absolute Gasteiger partial charge is 0.336 e. The summed E-state index contributed by atoms with van der Waals surface area (Å²) in [4.78, 5) is 12.0. The molecule has 3 aromatic rings. The maximum atomic E-state index is 12.0. The van der Waals surface area contributed by atoms with Gasteiger partial charge in [0.2, 0.25) is 5.16 Å². The molecule has 1 aliphatic rings. The Kier molecular flexibility index (Phi) is 3.91. The van der Waals surface area contributed by atoms with Crippen LogP contribution in [0.5, 0.6) is 0 Å². The number of aryl methyl sites for hydroxylation is 2. The van der Waals surface area contributed by atoms with Crippen molar-refractivity contribution in [3.8, 4) is 0 Å². The molecule has 2 heterocycles.